The maximum absolute atomic E-state index is 13.1. The van der Waals surface area contributed by atoms with Gasteiger partial charge in [-0.3, -0.25) is 9.59 Å². The van der Waals surface area contributed by atoms with Crippen LogP contribution in [0, 0.1) is 0 Å². The van der Waals surface area contributed by atoms with Gasteiger partial charge in [0.05, 0.1) is 22.8 Å². The number of hydrogen-bond donors (Lipinski definition) is 1. The van der Waals surface area contributed by atoms with Gasteiger partial charge in [-0.25, -0.2) is 9.78 Å². The molecule has 13 heteroatoms. The highest BCUT2D eigenvalue weighted by Crippen LogP contribution is 2.47. The molecule has 1 unspecified atom stereocenters. The molecule has 1 fully saturated rings. The van der Waals surface area contributed by atoms with E-state index in [4.69, 9.17) is 9.90 Å². The number of likely N-dealkylation sites (tertiary alicyclic amines) is 1. The average molecular weight is 536 g/mol. The van der Waals surface area contributed by atoms with Crippen molar-refractivity contribution >= 4 is 34.8 Å². The third kappa shape index (κ3) is 4.90. The molecule has 9 nitrogen and oxygen atoms in total. The Morgan fingerprint density at radius 3 is 2.51 bits per heavy atom. The Hall–Kier alpha value is -3.87. The second-order valence-corrected chi connectivity index (χ2v) is 9.72. The van der Waals surface area contributed by atoms with Gasteiger partial charge in [0.15, 0.2) is 5.82 Å². The number of halogens is 3. The first-order valence-electron chi connectivity index (χ1n) is 11.2. The molecular weight excluding hydrogens is 511 g/mol. The zero-order valence-electron chi connectivity index (χ0n) is 20.0. The van der Waals surface area contributed by atoms with E-state index in [2.05, 4.69) is 20.5 Å². The number of amides is 2. The molecule has 0 radical (unpaired) electrons. The molecular formula is C24H24F3N5O4S. The number of rotatable bonds is 3. The first kappa shape index (κ1) is 26.2. The zero-order valence-corrected chi connectivity index (χ0v) is 20.8. The predicted octanol–water partition coefficient (Wildman–Crippen LogP) is 3.22. The van der Waals surface area contributed by atoms with Crippen LogP contribution in [0.1, 0.15) is 21.8 Å². The lowest BCUT2D eigenvalue weighted by molar-refractivity contribution is -0.192. The van der Waals surface area contributed by atoms with Gasteiger partial charge in [0.1, 0.15) is 5.54 Å². The van der Waals surface area contributed by atoms with E-state index in [1.54, 1.807) is 25.2 Å². The maximum Gasteiger partial charge on any atom is 0.490 e. The highest BCUT2D eigenvalue weighted by atomic mass is 32.1. The molecule has 3 aromatic heterocycles. The number of nitrogens with zero attached hydrogens (tertiary/aromatic N) is 5. The van der Waals surface area contributed by atoms with Crippen LogP contribution < -0.4 is 4.90 Å². The predicted molar refractivity (Wildman–Crippen MR) is 130 cm³/mol. The highest BCUT2D eigenvalue weighted by molar-refractivity contribution is 7.12. The lowest BCUT2D eigenvalue weighted by atomic mass is 9.88. The molecule has 1 N–H and O–H groups in total. The SMILES string of the molecule is CN(C)C(=O)CN1c2cccnc2-n2cccc2C12CCN(C(=O)c1cccs1)C2.O=C(O)C(F)(F)F. The molecule has 2 aliphatic rings. The first-order chi connectivity index (χ1) is 17.5. The van der Waals surface area contributed by atoms with Gasteiger partial charge in [-0.05, 0) is 42.1 Å². The lowest BCUT2D eigenvalue weighted by Gasteiger charge is -2.46. The van der Waals surface area contributed by atoms with Gasteiger partial charge in [0, 0.05) is 39.6 Å². The Labute approximate surface area is 214 Å². The van der Waals surface area contributed by atoms with Crippen molar-refractivity contribution in [3.05, 3.63) is 64.7 Å². The molecule has 3 aromatic rings. The van der Waals surface area contributed by atoms with E-state index in [0.29, 0.717) is 13.1 Å². The molecule has 5 heterocycles. The van der Waals surface area contributed by atoms with E-state index in [1.807, 2.05) is 46.8 Å². The standard InChI is InChI=1S/C22H23N5O2S.C2HF3O2/c1-24(2)19(28)14-27-16-6-3-10-23-20(16)26-11-4-8-18(26)22(27)9-12-25(15-22)21(29)17-7-5-13-30-17;3-2(4,5)1(6)7/h3-8,10-11,13H,9,12,14-15H2,1-2H3;(H,6,7). The number of carbonyl (C=O) groups excluding carboxylic acids is 2. The fourth-order valence-corrected chi connectivity index (χ4v) is 5.26. The summed E-state index contributed by atoms with van der Waals surface area (Å²) in [5.74, 6) is -1.87. The molecule has 0 saturated carbocycles. The number of carbonyl (C=O) groups is 3. The van der Waals surface area contributed by atoms with Crippen molar-refractivity contribution in [3.8, 4) is 5.82 Å². The van der Waals surface area contributed by atoms with Crippen molar-refractivity contribution in [2.75, 3.05) is 38.6 Å². The normalized spacial score (nSPS) is 18.1. The fourth-order valence-electron chi connectivity index (χ4n) is 4.56. The summed E-state index contributed by atoms with van der Waals surface area (Å²) in [6.45, 7) is 1.41. The second kappa shape index (κ2) is 9.88. The molecule has 2 aliphatic heterocycles. The molecule has 5 rings (SSSR count). The lowest BCUT2D eigenvalue weighted by Crippen LogP contribution is -2.55. The van der Waals surface area contributed by atoms with Gasteiger partial charge in [-0.2, -0.15) is 13.2 Å². The number of carboxylic acid groups (broad SMARTS) is 1. The number of carboxylic acids is 1. The monoisotopic (exact) mass is 535 g/mol. The first-order valence-corrected chi connectivity index (χ1v) is 12.1. The van der Waals surface area contributed by atoms with Crippen molar-refractivity contribution in [1.29, 1.82) is 0 Å². The van der Waals surface area contributed by atoms with Gasteiger partial charge in [-0.1, -0.05) is 6.07 Å². The smallest absolute Gasteiger partial charge is 0.475 e. The van der Waals surface area contributed by atoms with Crippen LogP contribution in [0.25, 0.3) is 5.82 Å². The number of anilines is 1. The van der Waals surface area contributed by atoms with Gasteiger partial charge in [-0.15, -0.1) is 11.3 Å². The van der Waals surface area contributed by atoms with Crippen LogP contribution in [0.2, 0.25) is 0 Å². The number of alkyl halides is 3. The molecule has 1 spiro atoms. The van der Waals surface area contributed by atoms with E-state index in [-0.39, 0.29) is 18.4 Å². The van der Waals surface area contributed by atoms with Crippen LogP contribution in [0.3, 0.4) is 0 Å². The molecule has 2 amide bonds. The van der Waals surface area contributed by atoms with Crippen molar-refractivity contribution in [2.45, 2.75) is 18.1 Å². The summed E-state index contributed by atoms with van der Waals surface area (Å²) in [4.78, 5) is 45.8. The molecule has 0 aromatic carbocycles. The third-order valence-corrected chi connectivity index (χ3v) is 7.19. The maximum atomic E-state index is 13.1. The Balaban J connectivity index is 0.000000405. The summed E-state index contributed by atoms with van der Waals surface area (Å²) >= 11 is 1.46. The van der Waals surface area contributed by atoms with Crippen molar-refractivity contribution in [1.82, 2.24) is 19.4 Å². The fraction of sp³-hybridized carbons (Fsp3) is 0.333. The Kier molecular flexibility index (Phi) is 7.00. The van der Waals surface area contributed by atoms with E-state index < -0.39 is 17.7 Å². The van der Waals surface area contributed by atoms with Crippen molar-refractivity contribution in [3.63, 3.8) is 0 Å². The average Bonchev–Trinajstić information content (AvgIpc) is 3.62. The van der Waals surface area contributed by atoms with Crippen LogP contribution in [0.5, 0.6) is 0 Å². The van der Waals surface area contributed by atoms with E-state index in [1.165, 1.54) is 11.3 Å². The number of fused-ring (bicyclic) bond motifs is 4. The van der Waals surface area contributed by atoms with Gasteiger partial charge < -0.3 is 24.4 Å². The van der Waals surface area contributed by atoms with Gasteiger partial charge in [0.2, 0.25) is 5.91 Å². The summed E-state index contributed by atoms with van der Waals surface area (Å²) in [6.07, 6.45) is -0.547. The van der Waals surface area contributed by atoms with Crippen molar-refractivity contribution < 1.29 is 32.7 Å². The quantitative estimate of drug-likeness (QED) is 0.553. The van der Waals surface area contributed by atoms with Gasteiger partial charge in [0.25, 0.3) is 5.91 Å². The molecule has 1 atom stereocenters. The molecule has 37 heavy (non-hydrogen) atoms. The summed E-state index contributed by atoms with van der Waals surface area (Å²) in [5.41, 5.74) is 1.52. The van der Waals surface area contributed by atoms with Gasteiger partial charge >= 0.3 is 12.1 Å². The number of thiophene rings is 1. The minimum Gasteiger partial charge on any atom is -0.475 e. The Morgan fingerprint density at radius 2 is 1.89 bits per heavy atom. The van der Waals surface area contributed by atoms with E-state index in [0.717, 1.165) is 28.5 Å². The largest absolute Gasteiger partial charge is 0.490 e. The molecule has 0 aliphatic carbocycles. The number of likely N-dealkylation sites (N-methyl/N-ethyl adjacent to an activating group) is 1. The van der Waals surface area contributed by atoms with Crippen molar-refractivity contribution in [2.24, 2.45) is 0 Å². The topological polar surface area (TPSA) is 99.0 Å². The van der Waals surface area contributed by atoms with E-state index in [9.17, 15) is 22.8 Å². The summed E-state index contributed by atoms with van der Waals surface area (Å²) in [6, 6.07) is 11.8. The van der Waals surface area contributed by atoms with Crippen LogP contribution >= 0.6 is 11.3 Å². The van der Waals surface area contributed by atoms with E-state index >= 15 is 0 Å². The molecule has 1 saturated heterocycles. The number of hydrogen-bond acceptors (Lipinski definition) is 6. The third-order valence-electron chi connectivity index (χ3n) is 6.33. The number of aliphatic carboxylic acids is 1. The number of aromatic nitrogens is 2. The minimum atomic E-state index is -5.08. The summed E-state index contributed by atoms with van der Waals surface area (Å²) in [7, 11) is 3.54. The van der Waals surface area contributed by atoms with Crippen LogP contribution in [0.4, 0.5) is 18.9 Å². The molecule has 196 valence electrons. The summed E-state index contributed by atoms with van der Waals surface area (Å²) < 4.78 is 33.8. The van der Waals surface area contributed by atoms with Crippen LogP contribution in [-0.2, 0) is 15.1 Å². The molecule has 0 bridgehead atoms. The summed E-state index contributed by atoms with van der Waals surface area (Å²) in [5, 5.41) is 9.05. The zero-order chi connectivity index (χ0) is 27.0. The Bertz CT molecular complexity index is 1310. The highest BCUT2D eigenvalue weighted by Gasteiger charge is 2.51. The number of pyridine rings is 1. The Morgan fingerprint density at radius 1 is 1.16 bits per heavy atom. The van der Waals surface area contributed by atoms with Crippen LogP contribution in [0.15, 0.2) is 54.2 Å². The minimum absolute atomic E-state index is 0.0206. The second-order valence-electron chi connectivity index (χ2n) is 8.77. The van der Waals surface area contributed by atoms with Crippen LogP contribution in [-0.4, -0.2) is 82.1 Å².